The van der Waals surface area contributed by atoms with Crippen LogP contribution in [0.15, 0.2) is 0 Å². The molecule has 0 spiro atoms. The lowest BCUT2D eigenvalue weighted by atomic mass is 10.00. The highest BCUT2D eigenvalue weighted by molar-refractivity contribution is 7.47. The average Bonchev–Trinajstić information content (AvgIpc) is 1.44. The molecule has 0 rings (SSSR count). The summed E-state index contributed by atoms with van der Waals surface area (Å²) in [6, 6.07) is 0. The Morgan fingerprint density at radius 2 is 0.495 bits per heavy atom. The molecule has 0 aliphatic heterocycles. The van der Waals surface area contributed by atoms with E-state index < -0.39 is 97.5 Å². The van der Waals surface area contributed by atoms with E-state index in [1.54, 1.807) is 0 Å². The van der Waals surface area contributed by atoms with Gasteiger partial charge in [0.25, 0.3) is 0 Å². The molecule has 0 aromatic rings. The van der Waals surface area contributed by atoms with Crippen LogP contribution >= 0.6 is 15.6 Å². The lowest BCUT2D eigenvalue weighted by Gasteiger charge is -2.21. The Morgan fingerprint density at radius 1 is 0.289 bits per heavy atom. The van der Waals surface area contributed by atoms with Crippen molar-refractivity contribution in [1.82, 2.24) is 0 Å². The largest absolute Gasteiger partial charge is 0.472 e. The Balaban J connectivity index is 5.17. The molecular weight excluding hydrogens is 1270 g/mol. The topological polar surface area (TPSA) is 237 Å². The van der Waals surface area contributed by atoms with Gasteiger partial charge in [-0.2, -0.15) is 0 Å². The number of hydrogen-bond donors (Lipinski definition) is 3. The third kappa shape index (κ3) is 70.9. The van der Waals surface area contributed by atoms with Gasteiger partial charge in [-0.25, -0.2) is 9.13 Å². The number of rotatable bonds is 78. The van der Waals surface area contributed by atoms with Crippen LogP contribution in [0, 0.1) is 5.92 Å². The van der Waals surface area contributed by atoms with E-state index in [9.17, 15) is 43.2 Å². The van der Waals surface area contributed by atoms with Gasteiger partial charge in [-0.1, -0.05) is 362 Å². The van der Waals surface area contributed by atoms with Crippen LogP contribution in [0.2, 0.25) is 0 Å². The molecular formula is C78H152O17P2. The van der Waals surface area contributed by atoms with E-state index in [0.29, 0.717) is 25.7 Å². The Bertz CT molecular complexity index is 1860. The summed E-state index contributed by atoms with van der Waals surface area (Å²) in [4.78, 5) is 72.8. The third-order valence-electron chi connectivity index (χ3n) is 18.6. The molecule has 17 nitrogen and oxygen atoms in total. The second-order valence-electron chi connectivity index (χ2n) is 28.3. The smallest absolute Gasteiger partial charge is 0.462 e. The molecule has 0 aliphatic rings. The van der Waals surface area contributed by atoms with Gasteiger partial charge in [-0.05, 0) is 31.6 Å². The first-order chi connectivity index (χ1) is 47.1. The van der Waals surface area contributed by atoms with Crippen LogP contribution in [-0.4, -0.2) is 96.7 Å². The lowest BCUT2D eigenvalue weighted by molar-refractivity contribution is -0.161. The van der Waals surface area contributed by atoms with Crippen LogP contribution in [0.1, 0.15) is 413 Å². The molecule has 19 heteroatoms. The van der Waals surface area contributed by atoms with Gasteiger partial charge < -0.3 is 33.8 Å². The van der Waals surface area contributed by atoms with E-state index in [1.807, 2.05) is 0 Å². The summed E-state index contributed by atoms with van der Waals surface area (Å²) in [5.74, 6) is -1.40. The Morgan fingerprint density at radius 3 is 0.732 bits per heavy atom. The van der Waals surface area contributed by atoms with E-state index >= 15 is 0 Å². The number of hydrogen-bond acceptors (Lipinski definition) is 15. The summed E-state index contributed by atoms with van der Waals surface area (Å²) >= 11 is 0. The molecule has 0 radical (unpaired) electrons. The minimum Gasteiger partial charge on any atom is -0.462 e. The Labute approximate surface area is 594 Å². The van der Waals surface area contributed by atoms with Gasteiger partial charge in [0.2, 0.25) is 0 Å². The fourth-order valence-electron chi connectivity index (χ4n) is 12.0. The van der Waals surface area contributed by atoms with E-state index in [2.05, 4.69) is 34.6 Å². The molecule has 0 fully saturated rings. The maximum absolute atomic E-state index is 13.1. The second kappa shape index (κ2) is 71.1. The third-order valence-corrected chi connectivity index (χ3v) is 20.5. The number of ether oxygens (including phenoxy) is 4. The van der Waals surface area contributed by atoms with Crippen LogP contribution in [0.25, 0.3) is 0 Å². The van der Waals surface area contributed by atoms with Crippen molar-refractivity contribution in [1.29, 1.82) is 0 Å². The number of unbranched alkanes of at least 4 members (excludes halogenated alkanes) is 49. The number of carbonyl (C=O) groups is 4. The van der Waals surface area contributed by atoms with Gasteiger partial charge in [-0.3, -0.25) is 37.3 Å². The molecule has 0 bridgehead atoms. The number of phosphoric acid groups is 2. The van der Waals surface area contributed by atoms with Crippen LogP contribution in [0.3, 0.4) is 0 Å². The van der Waals surface area contributed by atoms with E-state index in [1.165, 1.54) is 238 Å². The first-order valence-electron chi connectivity index (χ1n) is 40.7. The summed E-state index contributed by atoms with van der Waals surface area (Å²) in [6.07, 6.45) is 61.3. The predicted molar refractivity (Wildman–Crippen MR) is 395 cm³/mol. The highest BCUT2D eigenvalue weighted by Gasteiger charge is 2.30. The minimum absolute atomic E-state index is 0.103. The van der Waals surface area contributed by atoms with Crippen LogP contribution < -0.4 is 0 Å². The molecule has 0 aromatic carbocycles. The highest BCUT2D eigenvalue weighted by Crippen LogP contribution is 2.45. The molecule has 3 N–H and O–H groups in total. The molecule has 6 atom stereocenters. The average molecular weight is 1420 g/mol. The standard InChI is InChI=1S/C78H152O17P2/c1-6-10-13-16-19-22-24-26-28-30-31-32-33-34-35-37-39-41-44-47-53-58-63-77(82)94-73(67-89-76(81)62-57-52-46-43-40-38-36-29-27-25-23-20-17-14-11-7-2)69-92-96(84,85)90-65-72(79)66-91-97(86,87)93-70-74(68-88-75(80)61-56-51-45-42-21-18-15-12-8-3)95-78(83)64-59-54-49-48-50-55-60-71(5)9-4/h71-74,79H,6-70H2,1-5H3,(H,84,85)(H,86,87)/t71?,72-,73-,74-/m1/s1. The summed E-state index contributed by atoms with van der Waals surface area (Å²) < 4.78 is 68.5. The molecule has 0 aliphatic carbocycles. The van der Waals surface area contributed by atoms with E-state index in [4.69, 9.17) is 37.0 Å². The van der Waals surface area contributed by atoms with Crippen molar-refractivity contribution in [2.75, 3.05) is 39.6 Å². The quantitative estimate of drug-likeness (QED) is 0.0222. The zero-order valence-corrected chi connectivity index (χ0v) is 65.0. The van der Waals surface area contributed by atoms with Crippen molar-refractivity contribution in [3.8, 4) is 0 Å². The van der Waals surface area contributed by atoms with Gasteiger partial charge in [-0.15, -0.1) is 0 Å². The fraction of sp³-hybridized carbons (Fsp3) is 0.949. The predicted octanol–water partition coefficient (Wildman–Crippen LogP) is 23.3. The van der Waals surface area contributed by atoms with Gasteiger partial charge >= 0.3 is 39.5 Å². The summed E-state index contributed by atoms with van der Waals surface area (Å²) in [6.45, 7) is 7.23. The van der Waals surface area contributed by atoms with Crippen molar-refractivity contribution >= 4 is 39.5 Å². The highest BCUT2D eigenvalue weighted by atomic mass is 31.2. The number of phosphoric ester groups is 2. The minimum atomic E-state index is -4.96. The normalized spacial score (nSPS) is 14.2. The molecule has 0 saturated heterocycles. The maximum Gasteiger partial charge on any atom is 0.472 e. The second-order valence-corrected chi connectivity index (χ2v) is 31.3. The first-order valence-corrected chi connectivity index (χ1v) is 43.7. The molecule has 97 heavy (non-hydrogen) atoms. The monoisotopic (exact) mass is 1420 g/mol. The summed E-state index contributed by atoms with van der Waals surface area (Å²) in [5.41, 5.74) is 0. The number of aliphatic hydroxyl groups is 1. The Kier molecular flexibility index (Phi) is 69.6. The van der Waals surface area contributed by atoms with Gasteiger partial charge in [0, 0.05) is 25.7 Å². The van der Waals surface area contributed by atoms with E-state index in [-0.39, 0.29) is 25.7 Å². The lowest BCUT2D eigenvalue weighted by Crippen LogP contribution is -2.30. The van der Waals surface area contributed by atoms with Crippen LogP contribution in [0.4, 0.5) is 0 Å². The molecule has 0 saturated carbocycles. The molecule has 0 amide bonds. The SMILES string of the molecule is CCCCCCCCCCCCCCCCCCCCCCCCC(=O)O[C@H](COC(=O)CCCCCCCCCCCCCCCCCC)COP(=O)(O)OC[C@@H](O)COP(=O)(O)OC[C@@H](COC(=O)CCCCCCCCCCC)OC(=O)CCCCCCCCC(C)CC. The van der Waals surface area contributed by atoms with Crippen molar-refractivity contribution in [3.05, 3.63) is 0 Å². The molecule has 576 valence electrons. The molecule has 3 unspecified atom stereocenters. The maximum atomic E-state index is 13.1. The van der Waals surface area contributed by atoms with Crippen LogP contribution in [-0.2, 0) is 65.4 Å². The van der Waals surface area contributed by atoms with Crippen molar-refractivity contribution in [2.24, 2.45) is 5.92 Å². The zero-order valence-electron chi connectivity index (χ0n) is 63.2. The van der Waals surface area contributed by atoms with Gasteiger partial charge in [0.15, 0.2) is 12.2 Å². The zero-order chi connectivity index (χ0) is 71.2. The van der Waals surface area contributed by atoms with Crippen molar-refractivity contribution in [2.45, 2.75) is 432 Å². The van der Waals surface area contributed by atoms with Gasteiger partial charge in [0.1, 0.15) is 19.3 Å². The van der Waals surface area contributed by atoms with E-state index in [0.717, 1.165) is 95.8 Å². The Hall–Kier alpha value is -1.94. The summed E-state index contributed by atoms with van der Waals surface area (Å²) in [7, 11) is -9.91. The number of esters is 4. The van der Waals surface area contributed by atoms with Crippen molar-refractivity contribution in [3.63, 3.8) is 0 Å². The fourth-order valence-corrected chi connectivity index (χ4v) is 13.6. The summed E-state index contributed by atoms with van der Waals surface area (Å²) in [5, 5.41) is 10.6. The number of aliphatic hydroxyl groups excluding tert-OH is 1. The molecule has 0 heterocycles. The number of carbonyl (C=O) groups excluding carboxylic acids is 4. The first kappa shape index (κ1) is 95.1. The van der Waals surface area contributed by atoms with Crippen LogP contribution in [0.5, 0.6) is 0 Å². The van der Waals surface area contributed by atoms with Gasteiger partial charge in [0.05, 0.1) is 26.4 Å². The van der Waals surface area contributed by atoms with Crippen molar-refractivity contribution < 1.29 is 80.2 Å². The molecule has 0 aromatic heterocycles.